The smallest absolute Gasteiger partial charge is 0.254 e. The van der Waals surface area contributed by atoms with Gasteiger partial charge in [-0.1, -0.05) is 30.0 Å². The number of hydrogen-bond donors (Lipinski definition) is 1. The minimum atomic E-state index is -0.154. The van der Waals surface area contributed by atoms with E-state index in [1.165, 1.54) is 22.9 Å². The summed E-state index contributed by atoms with van der Waals surface area (Å²) in [6, 6.07) is 17.6. The van der Waals surface area contributed by atoms with E-state index in [0.717, 1.165) is 29.1 Å². The van der Waals surface area contributed by atoms with Crippen LogP contribution in [0, 0.1) is 13.8 Å². The molecule has 1 aliphatic heterocycles. The third-order valence-corrected chi connectivity index (χ3v) is 6.49. The van der Waals surface area contributed by atoms with E-state index in [1.807, 2.05) is 29.2 Å². The van der Waals surface area contributed by atoms with Crippen molar-refractivity contribution in [3.63, 3.8) is 0 Å². The number of nitrogens with zero attached hydrogens (tertiary/aromatic N) is 2. The second kappa shape index (κ2) is 9.35. The molecule has 3 aromatic rings. The molecule has 31 heavy (non-hydrogen) atoms. The third kappa shape index (κ3) is 4.97. The zero-order valence-corrected chi connectivity index (χ0v) is 18.5. The van der Waals surface area contributed by atoms with Crippen molar-refractivity contribution in [2.24, 2.45) is 0 Å². The molecular formula is C25H25N3O2S. The Morgan fingerprint density at radius 3 is 2.61 bits per heavy atom. The van der Waals surface area contributed by atoms with Crippen LogP contribution in [0.5, 0.6) is 0 Å². The number of aromatic nitrogens is 1. The molecule has 0 atom stereocenters. The number of carbonyl (C=O) groups excluding carboxylic acids is 2. The number of benzene rings is 2. The molecule has 0 unspecified atom stereocenters. The molecule has 0 aliphatic carbocycles. The van der Waals surface area contributed by atoms with Gasteiger partial charge in [0.05, 0.1) is 5.56 Å². The second-order valence-corrected chi connectivity index (χ2v) is 8.76. The number of carbonyl (C=O) groups is 2. The first-order valence-corrected chi connectivity index (χ1v) is 11.2. The summed E-state index contributed by atoms with van der Waals surface area (Å²) in [7, 11) is 0. The molecule has 6 heteroatoms. The molecule has 0 saturated carbocycles. The highest BCUT2D eigenvalue weighted by atomic mass is 32.2. The first kappa shape index (κ1) is 21.1. The van der Waals surface area contributed by atoms with Crippen LogP contribution in [0.15, 0.2) is 70.7 Å². The van der Waals surface area contributed by atoms with Gasteiger partial charge in [-0.15, -0.1) is 0 Å². The molecule has 2 amide bonds. The first-order chi connectivity index (χ1) is 15.0. The summed E-state index contributed by atoms with van der Waals surface area (Å²) < 4.78 is 0. The van der Waals surface area contributed by atoms with Gasteiger partial charge in [0.15, 0.2) is 0 Å². The molecule has 2 aromatic carbocycles. The fourth-order valence-electron chi connectivity index (χ4n) is 3.53. The number of aryl methyl sites for hydroxylation is 2. The summed E-state index contributed by atoms with van der Waals surface area (Å²) in [5.74, 6) is 0.0182. The number of pyridine rings is 1. The first-order valence-electron chi connectivity index (χ1n) is 10.4. The van der Waals surface area contributed by atoms with Crippen molar-refractivity contribution in [2.75, 3.05) is 11.4 Å². The highest BCUT2D eigenvalue weighted by Gasteiger charge is 2.21. The average molecular weight is 432 g/mol. The van der Waals surface area contributed by atoms with E-state index in [-0.39, 0.29) is 11.8 Å². The summed E-state index contributed by atoms with van der Waals surface area (Å²) >= 11 is 1.49. The van der Waals surface area contributed by atoms with Crippen LogP contribution in [0.25, 0.3) is 0 Å². The lowest BCUT2D eigenvalue weighted by Gasteiger charge is -2.16. The Hall–Kier alpha value is -3.12. The summed E-state index contributed by atoms with van der Waals surface area (Å²) in [6.45, 7) is 5.35. The van der Waals surface area contributed by atoms with E-state index in [0.29, 0.717) is 23.6 Å². The van der Waals surface area contributed by atoms with E-state index < -0.39 is 0 Å². The van der Waals surface area contributed by atoms with E-state index >= 15 is 0 Å². The zero-order valence-electron chi connectivity index (χ0n) is 17.7. The minimum absolute atomic E-state index is 0.154. The van der Waals surface area contributed by atoms with Crippen molar-refractivity contribution >= 4 is 29.3 Å². The van der Waals surface area contributed by atoms with Crippen LogP contribution in [-0.2, 0) is 11.3 Å². The van der Waals surface area contributed by atoms with Gasteiger partial charge in [-0.3, -0.25) is 9.59 Å². The number of anilines is 1. The Labute approximate surface area is 186 Å². The largest absolute Gasteiger partial charge is 0.348 e. The topological polar surface area (TPSA) is 62.3 Å². The lowest BCUT2D eigenvalue weighted by atomic mass is 10.1. The van der Waals surface area contributed by atoms with Crippen LogP contribution >= 0.6 is 11.8 Å². The number of nitrogens with one attached hydrogen (secondary N) is 1. The Morgan fingerprint density at radius 1 is 1.10 bits per heavy atom. The van der Waals surface area contributed by atoms with Crippen molar-refractivity contribution in [2.45, 2.75) is 43.2 Å². The van der Waals surface area contributed by atoms with Crippen molar-refractivity contribution < 1.29 is 9.59 Å². The van der Waals surface area contributed by atoms with Crippen molar-refractivity contribution in [3.8, 4) is 0 Å². The monoisotopic (exact) mass is 431 g/mol. The maximum absolute atomic E-state index is 12.9. The maximum atomic E-state index is 12.9. The zero-order chi connectivity index (χ0) is 21.8. The molecule has 1 aromatic heterocycles. The van der Waals surface area contributed by atoms with Crippen molar-refractivity contribution in [3.05, 3.63) is 83.0 Å². The highest BCUT2D eigenvalue weighted by molar-refractivity contribution is 7.99. The van der Waals surface area contributed by atoms with Crippen LogP contribution < -0.4 is 10.2 Å². The molecule has 1 saturated heterocycles. The molecule has 2 heterocycles. The number of rotatable bonds is 6. The van der Waals surface area contributed by atoms with Crippen LogP contribution in [0.1, 0.15) is 39.9 Å². The summed E-state index contributed by atoms with van der Waals surface area (Å²) in [5, 5.41) is 3.67. The van der Waals surface area contributed by atoms with Crippen LogP contribution in [0.4, 0.5) is 5.69 Å². The Kier molecular flexibility index (Phi) is 6.37. The van der Waals surface area contributed by atoms with Gasteiger partial charge in [0.2, 0.25) is 5.91 Å². The fourth-order valence-corrected chi connectivity index (χ4v) is 4.51. The van der Waals surface area contributed by atoms with Gasteiger partial charge in [0.1, 0.15) is 5.03 Å². The summed E-state index contributed by atoms with van der Waals surface area (Å²) in [4.78, 5) is 32.0. The molecule has 0 spiro atoms. The Morgan fingerprint density at radius 2 is 1.90 bits per heavy atom. The quantitative estimate of drug-likeness (QED) is 0.603. The Bertz CT molecular complexity index is 1110. The summed E-state index contributed by atoms with van der Waals surface area (Å²) in [6.07, 6.45) is 3.23. The second-order valence-electron chi connectivity index (χ2n) is 7.70. The van der Waals surface area contributed by atoms with Gasteiger partial charge < -0.3 is 10.2 Å². The van der Waals surface area contributed by atoms with E-state index in [2.05, 4.69) is 42.3 Å². The lowest BCUT2D eigenvalue weighted by Crippen LogP contribution is -2.24. The predicted octanol–water partition coefficient (Wildman–Crippen LogP) is 4.91. The van der Waals surface area contributed by atoms with Crippen LogP contribution in [0.3, 0.4) is 0 Å². The van der Waals surface area contributed by atoms with Crippen LogP contribution in [0.2, 0.25) is 0 Å². The molecule has 1 N–H and O–H groups in total. The molecule has 4 rings (SSSR count). The van der Waals surface area contributed by atoms with E-state index in [1.54, 1.807) is 18.3 Å². The molecule has 0 radical (unpaired) electrons. The van der Waals surface area contributed by atoms with E-state index in [4.69, 9.17) is 0 Å². The lowest BCUT2D eigenvalue weighted by molar-refractivity contribution is -0.117. The molecule has 1 fully saturated rings. The van der Waals surface area contributed by atoms with Crippen LogP contribution in [-0.4, -0.2) is 23.3 Å². The molecule has 158 valence electrons. The van der Waals surface area contributed by atoms with E-state index in [9.17, 15) is 9.59 Å². The van der Waals surface area contributed by atoms with Gasteiger partial charge in [0, 0.05) is 36.3 Å². The molecule has 1 aliphatic rings. The van der Waals surface area contributed by atoms with Gasteiger partial charge in [0.25, 0.3) is 5.91 Å². The normalized spacial score (nSPS) is 13.5. The fraction of sp³-hybridized carbons (Fsp3) is 0.240. The predicted molar refractivity (Wildman–Crippen MR) is 123 cm³/mol. The maximum Gasteiger partial charge on any atom is 0.254 e. The van der Waals surface area contributed by atoms with Gasteiger partial charge in [-0.05, 0) is 73.4 Å². The number of amides is 2. The molecule has 0 bridgehead atoms. The standard InChI is InChI=1S/C25H25N3O2S/c1-17-7-12-21(15-18(17)2)31-25-22(5-3-13-26-25)24(30)27-16-19-8-10-20(11-9-19)28-14-4-6-23(28)29/h3,5,7-13,15H,4,6,14,16H2,1-2H3,(H,27,30). The Balaban J connectivity index is 1.42. The number of hydrogen-bond acceptors (Lipinski definition) is 4. The minimum Gasteiger partial charge on any atom is -0.348 e. The summed E-state index contributed by atoms with van der Waals surface area (Å²) in [5.41, 5.74) is 4.91. The van der Waals surface area contributed by atoms with Gasteiger partial charge in [-0.25, -0.2) is 4.98 Å². The third-order valence-electron chi connectivity index (χ3n) is 5.48. The van der Waals surface area contributed by atoms with Gasteiger partial charge in [-0.2, -0.15) is 0 Å². The van der Waals surface area contributed by atoms with Crippen molar-refractivity contribution in [1.29, 1.82) is 0 Å². The van der Waals surface area contributed by atoms with Crippen molar-refractivity contribution in [1.82, 2.24) is 10.3 Å². The molecule has 5 nitrogen and oxygen atoms in total. The SMILES string of the molecule is Cc1ccc(Sc2ncccc2C(=O)NCc2ccc(N3CCCC3=O)cc2)cc1C. The highest BCUT2D eigenvalue weighted by Crippen LogP contribution is 2.30. The van der Waals surface area contributed by atoms with Gasteiger partial charge >= 0.3 is 0 Å². The average Bonchev–Trinajstić information content (AvgIpc) is 3.21. The molecular weight excluding hydrogens is 406 g/mol.